The fourth-order valence-corrected chi connectivity index (χ4v) is 3.76. The Labute approximate surface area is 135 Å². The minimum Gasteiger partial charge on any atom is -0.338 e. The average Bonchev–Trinajstić information content (AvgIpc) is 2.91. The van der Waals surface area contributed by atoms with Crippen LogP contribution in [0.4, 0.5) is 4.79 Å². The summed E-state index contributed by atoms with van der Waals surface area (Å²) in [6, 6.07) is 10.5. The van der Waals surface area contributed by atoms with Crippen LogP contribution in [0.25, 0.3) is 11.4 Å². The quantitative estimate of drug-likeness (QED) is 0.928. The van der Waals surface area contributed by atoms with Crippen molar-refractivity contribution in [1.29, 1.82) is 0 Å². The lowest BCUT2D eigenvalue weighted by Gasteiger charge is -2.35. The molecule has 2 aliphatic heterocycles. The number of fused-ring (bicyclic) bond motifs is 4. The third kappa shape index (κ3) is 2.36. The van der Waals surface area contributed by atoms with E-state index < -0.39 is 0 Å². The average molecular weight is 308 g/mol. The topological polar surface area (TPSA) is 58.1 Å². The standard InChI is InChI=1S/C18H20N4O/c1-2-19-18(23)22-13-8-9-16(22)14-11-20-17(21-15(14)10-13)12-6-4-3-5-7-12/h3-7,11,13,16H,2,8-10H2,1H3,(H,19,23). The number of hydrogen-bond donors (Lipinski definition) is 1. The van der Waals surface area contributed by atoms with Crippen LogP contribution in [-0.2, 0) is 6.42 Å². The van der Waals surface area contributed by atoms with E-state index in [-0.39, 0.29) is 18.1 Å². The number of carbonyl (C=O) groups is 1. The Kier molecular flexibility index (Phi) is 3.48. The van der Waals surface area contributed by atoms with E-state index in [1.807, 2.05) is 48.4 Å². The first-order chi connectivity index (χ1) is 11.3. The van der Waals surface area contributed by atoms with E-state index in [9.17, 15) is 4.79 Å². The molecule has 2 amide bonds. The van der Waals surface area contributed by atoms with Crippen molar-refractivity contribution in [2.45, 2.75) is 38.3 Å². The third-order valence-electron chi connectivity index (χ3n) is 4.78. The zero-order chi connectivity index (χ0) is 15.8. The van der Waals surface area contributed by atoms with Gasteiger partial charge in [-0.3, -0.25) is 0 Å². The van der Waals surface area contributed by atoms with Gasteiger partial charge in [-0.25, -0.2) is 14.8 Å². The molecule has 0 spiro atoms. The molecular formula is C18H20N4O. The van der Waals surface area contributed by atoms with E-state index in [0.29, 0.717) is 6.54 Å². The van der Waals surface area contributed by atoms with Gasteiger partial charge in [0.05, 0.1) is 11.7 Å². The Bertz CT molecular complexity index is 731. The van der Waals surface area contributed by atoms with Crippen molar-refractivity contribution in [2.75, 3.05) is 6.54 Å². The van der Waals surface area contributed by atoms with Crippen LogP contribution in [-0.4, -0.2) is 33.5 Å². The van der Waals surface area contributed by atoms with E-state index >= 15 is 0 Å². The molecule has 23 heavy (non-hydrogen) atoms. The van der Waals surface area contributed by atoms with E-state index in [0.717, 1.165) is 41.9 Å². The number of nitrogens with one attached hydrogen (secondary N) is 1. The second-order valence-corrected chi connectivity index (χ2v) is 6.16. The molecule has 2 unspecified atom stereocenters. The summed E-state index contributed by atoms with van der Waals surface area (Å²) in [6.07, 6.45) is 4.79. The second kappa shape index (κ2) is 5.65. The normalized spacial score (nSPS) is 21.9. The molecule has 0 saturated carbocycles. The molecule has 1 aromatic carbocycles. The largest absolute Gasteiger partial charge is 0.338 e. The summed E-state index contributed by atoms with van der Waals surface area (Å²) in [6.45, 7) is 2.61. The Morgan fingerprint density at radius 2 is 2.13 bits per heavy atom. The van der Waals surface area contributed by atoms with Crippen LogP contribution < -0.4 is 5.32 Å². The fourth-order valence-electron chi connectivity index (χ4n) is 3.76. The molecule has 1 aromatic heterocycles. The molecule has 118 valence electrons. The molecule has 5 heteroatoms. The zero-order valence-corrected chi connectivity index (χ0v) is 13.2. The summed E-state index contributed by atoms with van der Waals surface area (Å²) in [5, 5.41) is 2.93. The Balaban J connectivity index is 1.68. The zero-order valence-electron chi connectivity index (χ0n) is 13.2. The first-order valence-electron chi connectivity index (χ1n) is 8.25. The van der Waals surface area contributed by atoms with Crippen molar-refractivity contribution in [3.63, 3.8) is 0 Å². The van der Waals surface area contributed by atoms with Crippen molar-refractivity contribution >= 4 is 6.03 Å². The minimum absolute atomic E-state index is 0.0396. The molecule has 1 N–H and O–H groups in total. The molecule has 2 atom stereocenters. The number of aromatic nitrogens is 2. The summed E-state index contributed by atoms with van der Waals surface area (Å²) in [7, 11) is 0. The number of nitrogens with zero attached hydrogens (tertiary/aromatic N) is 3. The van der Waals surface area contributed by atoms with Gasteiger partial charge in [-0.2, -0.15) is 0 Å². The first-order valence-corrected chi connectivity index (χ1v) is 8.25. The van der Waals surface area contributed by atoms with Gasteiger partial charge in [-0.05, 0) is 19.8 Å². The van der Waals surface area contributed by atoms with Crippen LogP contribution in [0.1, 0.15) is 37.1 Å². The Morgan fingerprint density at radius 3 is 2.91 bits per heavy atom. The maximum atomic E-state index is 12.3. The van der Waals surface area contributed by atoms with Crippen molar-refractivity contribution < 1.29 is 4.79 Å². The Morgan fingerprint density at radius 1 is 1.30 bits per heavy atom. The van der Waals surface area contributed by atoms with Crippen LogP contribution in [0, 0.1) is 0 Å². The van der Waals surface area contributed by atoms with E-state index in [4.69, 9.17) is 4.98 Å². The van der Waals surface area contributed by atoms with E-state index in [1.54, 1.807) is 0 Å². The third-order valence-corrected chi connectivity index (χ3v) is 4.78. The van der Waals surface area contributed by atoms with Crippen molar-refractivity contribution in [3.8, 4) is 11.4 Å². The molecule has 5 nitrogen and oxygen atoms in total. The maximum Gasteiger partial charge on any atom is 0.318 e. The van der Waals surface area contributed by atoms with Gasteiger partial charge in [0.1, 0.15) is 0 Å². The van der Waals surface area contributed by atoms with Crippen LogP contribution in [0.2, 0.25) is 0 Å². The smallest absolute Gasteiger partial charge is 0.318 e. The van der Waals surface area contributed by atoms with Crippen LogP contribution >= 0.6 is 0 Å². The van der Waals surface area contributed by atoms with Gasteiger partial charge in [0.25, 0.3) is 0 Å². The van der Waals surface area contributed by atoms with Gasteiger partial charge in [-0.1, -0.05) is 30.3 Å². The predicted molar refractivity (Wildman–Crippen MR) is 87.8 cm³/mol. The highest BCUT2D eigenvalue weighted by molar-refractivity contribution is 5.76. The lowest BCUT2D eigenvalue weighted by Crippen LogP contribution is -2.47. The summed E-state index contributed by atoms with van der Waals surface area (Å²) >= 11 is 0. The van der Waals surface area contributed by atoms with Gasteiger partial charge in [-0.15, -0.1) is 0 Å². The monoisotopic (exact) mass is 308 g/mol. The molecule has 0 aliphatic carbocycles. The Hall–Kier alpha value is -2.43. The molecule has 1 saturated heterocycles. The van der Waals surface area contributed by atoms with Crippen LogP contribution in [0.5, 0.6) is 0 Å². The highest BCUT2D eigenvalue weighted by Gasteiger charge is 2.43. The minimum atomic E-state index is 0.0396. The highest BCUT2D eigenvalue weighted by atomic mass is 16.2. The summed E-state index contributed by atoms with van der Waals surface area (Å²) in [4.78, 5) is 23.7. The molecule has 0 radical (unpaired) electrons. The van der Waals surface area contributed by atoms with E-state index in [2.05, 4.69) is 10.3 Å². The second-order valence-electron chi connectivity index (χ2n) is 6.16. The summed E-state index contributed by atoms with van der Waals surface area (Å²) < 4.78 is 0. The lowest BCUT2D eigenvalue weighted by molar-refractivity contribution is 0.165. The van der Waals surface area contributed by atoms with Gasteiger partial charge in [0.15, 0.2) is 5.82 Å². The van der Waals surface area contributed by atoms with Gasteiger partial charge >= 0.3 is 6.03 Å². The molecule has 2 bridgehead atoms. The molecule has 2 aromatic rings. The first kappa shape index (κ1) is 14.2. The highest BCUT2D eigenvalue weighted by Crippen LogP contribution is 2.43. The van der Waals surface area contributed by atoms with E-state index in [1.165, 1.54) is 0 Å². The van der Waals surface area contributed by atoms with Crippen molar-refractivity contribution in [2.24, 2.45) is 0 Å². The van der Waals surface area contributed by atoms with Gasteiger partial charge < -0.3 is 10.2 Å². The number of urea groups is 1. The number of rotatable bonds is 2. The molecular weight excluding hydrogens is 288 g/mol. The fraction of sp³-hybridized carbons (Fsp3) is 0.389. The van der Waals surface area contributed by atoms with Gasteiger partial charge in [0.2, 0.25) is 0 Å². The van der Waals surface area contributed by atoms with Crippen molar-refractivity contribution in [1.82, 2.24) is 20.2 Å². The SMILES string of the molecule is CCNC(=O)N1C2CCC1c1cnc(-c3ccccc3)nc1C2. The molecule has 2 aliphatic rings. The number of benzene rings is 1. The number of carbonyl (C=O) groups excluding carboxylic acids is 1. The molecule has 1 fully saturated rings. The number of hydrogen-bond acceptors (Lipinski definition) is 3. The number of amides is 2. The molecule has 3 heterocycles. The lowest BCUT2D eigenvalue weighted by atomic mass is 9.99. The maximum absolute atomic E-state index is 12.3. The molecule has 4 rings (SSSR count). The summed E-state index contributed by atoms with van der Waals surface area (Å²) in [5.74, 6) is 0.773. The summed E-state index contributed by atoms with van der Waals surface area (Å²) in [5.41, 5.74) is 3.25. The van der Waals surface area contributed by atoms with Gasteiger partial charge in [0, 0.05) is 36.3 Å². The van der Waals surface area contributed by atoms with Crippen LogP contribution in [0.15, 0.2) is 36.5 Å². The predicted octanol–water partition coefficient (Wildman–Crippen LogP) is 2.93. The van der Waals surface area contributed by atoms with Crippen LogP contribution in [0.3, 0.4) is 0 Å². The van der Waals surface area contributed by atoms with Crippen molar-refractivity contribution in [3.05, 3.63) is 47.8 Å².